The summed E-state index contributed by atoms with van der Waals surface area (Å²) in [5.74, 6) is 0.534. The molecule has 4 heterocycles. The van der Waals surface area contributed by atoms with E-state index in [9.17, 15) is 9.59 Å². The molecule has 22 heavy (non-hydrogen) atoms. The SMILES string of the molecule is O=C(C[C@@H]1C[C@H]2CN(C(=O)c3ccn[nH]3)C[C@H]2O1)N1CCC1. The minimum atomic E-state index is -0.0243. The maximum absolute atomic E-state index is 12.3. The molecule has 3 saturated heterocycles. The number of amides is 2. The van der Waals surface area contributed by atoms with E-state index < -0.39 is 0 Å². The lowest BCUT2D eigenvalue weighted by atomic mass is 10.0. The molecule has 2 amide bonds. The van der Waals surface area contributed by atoms with Crippen molar-refractivity contribution in [2.24, 2.45) is 5.92 Å². The molecule has 1 aromatic rings. The molecular weight excluding hydrogens is 284 g/mol. The van der Waals surface area contributed by atoms with E-state index in [1.165, 1.54) is 0 Å². The Bertz CT molecular complexity index is 555. The first-order valence-electron chi connectivity index (χ1n) is 7.92. The van der Waals surface area contributed by atoms with Gasteiger partial charge in [0.2, 0.25) is 5.91 Å². The summed E-state index contributed by atoms with van der Waals surface area (Å²) < 4.78 is 6.01. The zero-order chi connectivity index (χ0) is 15.1. The highest BCUT2D eigenvalue weighted by Crippen LogP contribution is 2.35. The van der Waals surface area contributed by atoms with Crippen LogP contribution < -0.4 is 0 Å². The number of aromatic amines is 1. The average Bonchev–Trinajstić information content (AvgIpc) is 3.10. The van der Waals surface area contributed by atoms with Gasteiger partial charge in [-0.05, 0) is 18.9 Å². The van der Waals surface area contributed by atoms with Gasteiger partial charge in [-0.2, -0.15) is 5.10 Å². The molecule has 118 valence electrons. The summed E-state index contributed by atoms with van der Waals surface area (Å²) in [5.41, 5.74) is 0.518. The molecule has 3 aliphatic heterocycles. The zero-order valence-corrected chi connectivity index (χ0v) is 12.4. The number of nitrogens with zero attached hydrogens (tertiary/aromatic N) is 3. The number of fused-ring (bicyclic) bond motifs is 1. The minimum Gasteiger partial charge on any atom is -0.372 e. The topological polar surface area (TPSA) is 78.5 Å². The third kappa shape index (κ3) is 2.39. The summed E-state index contributed by atoms with van der Waals surface area (Å²) in [5, 5.41) is 6.52. The molecule has 4 rings (SSSR count). The Morgan fingerprint density at radius 3 is 2.82 bits per heavy atom. The Morgan fingerprint density at radius 1 is 1.32 bits per heavy atom. The summed E-state index contributed by atoms with van der Waals surface area (Å²) in [7, 11) is 0. The van der Waals surface area contributed by atoms with E-state index in [4.69, 9.17) is 4.74 Å². The summed E-state index contributed by atoms with van der Waals surface area (Å²) in [4.78, 5) is 28.0. The Hall–Kier alpha value is -1.89. The van der Waals surface area contributed by atoms with Crippen molar-refractivity contribution in [2.45, 2.75) is 31.5 Å². The van der Waals surface area contributed by atoms with Crippen molar-refractivity contribution in [2.75, 3.05) is 26.2 Å². The van der Waals surface area contributed by atoms with Gasteiger partial charge in [-0.25, -0.2) is 0 Å². The average molecular weight is 304 g/mol. The smallest absolute Gasteiger partial charge is 0.271 e. The molecule has 7 heteroatoms. The highest BCUT2D eigenvalue weighted by Gasteiger charge is 2.44. The lowest BCUT2D eigenvalue weighted by Crippen LogP contribution is -2.43. The van der Waals surface area contributed by atoms with Crippen molar-refractivity contribution in [1.82, 2.24) is 20.0 Å². The molecule has 1 N–H and O–H groups in total. The lowest BCUT2D eigenvalue weighted by Gasteiger charge is -2.31. The molecule has 3 fully saturated rings. The molecule has 7 nitrogen and oxygen atoms in total. The Kier molecular flexibility index (Phi) is 3.37. The van der Waals surface area contributed by atoms with Crippen molar-refractivity contribution in [3.63, 3.8) is 0 Å². The van der Waals surface area contributed by atoms with E-state index in [0.717, 1.165) is 25.9 Å². The second-order valence-electron chi connectivity index (χ2n) is 6.41. The van der Waals surface area contributed by atoms with E-state index in [2.05, 4.69) is 10.2 Å². The first-order chi connectivity index (χ1) is 10.7. The van der Waals surface area contributed by atoms with Crippen LogP contribution in [0.3, 0.4) is 0 Å². The van der Waals surface area contributed by atoms with E-state index in [0.29, 0.717) is 31.1 Å². The van der Waals surface area contributed by atoms with Gasteiger partial charge in [-0.1, -0.05) is 0 Å². The van der Waals surface area contributed by atoms with Gasteiger partial charge < -0.3 is 14.5 Å². The first kappa shape index (κ1) is 13.8. The van der Waals surface area contributed by atoms with Gasteiger partial charge in [0, 0.05) is 38.3 Å². The predicted octanol–water partition coefficient (Wildman–Crippen LogP) is 0.262. The van der Waals surface area contributed by atoms with Gasteiger partial charge in [0.15, 0.2) is 0 Å². The standard InChI is InChI=1S/C15H20N4O3/c20-14(18-4-1-5-18)7-11-6-10-8-19(9-13(10)22-11)15(21)12-2-3-16-17-12/h2-3,10-11,13H,1,4-9H2,(H,16,17)/t10-,11-,13+/m0/s1. The van der Waals surface area contributed by atoms with Crippen molar-refractivity contribution in [3.8, 4) is 0 Å². The number of H-pyrrole nitrogens is 1. The highest BCUT2D eigenvalue weighted by atomic mass is 16.5. The van der Waals surface area contributed by atoms with Crippen LogP contribution in [0.1, 0.15) is 29.8 Å². The van der Waals surface area contributed by atoms with Crippen molar-refractivity contribution in [3.05, 3.63) is 18.0 Å². The molecule has 0 unspecified atom stereocenters. The summed E-state index contributed by atoms with van der Waals surface area (Å²) in [6, 6.07) is 1.69. The number of likely N-dealkylation sites (tertiary alicyclic amines) is 2. The van der Waals surface area contributed by atoms with Crippen LogP contribution in [0.2, 0.25) is 0 Å². The minimum absolute atomic E-state index is 0.0208. The van der Waals surface area contributed by atoms with Gasteiger partial charge in [-0.3, -0.25) is 14.7 Å². The molecule has 0 aliphatic carbocycles. The fraction of sp³-hybridized carbons (Fsp3) is 0.667. The number of rotatable bonds is 3. The zero-order valence-electron chi connectivity index (χ0n) is 12.4. The first-order valence-corrected chi connectivity index (χ1v) is 7.92. The van der Waals surface area contributed by atoms with E-state index in [-0.39, 0.29) is 24.0 Å². The molecule has 3 aliphatic rings. The maximum Gasteiger partial charge on any atom is 0.271 e. The summed E-state index contributed by atoms with van der Waals surface area (Å²) in [6.45, 7) is 3.10. The molecule has 0 radical (unpaired) electrons. The number of nitrogens with one attached hydrogen (secondary N) is 1. The monoisotopic (exact) mass is 304 g/mol. The molecule has 0 aromatic carbocycles. The fourth-order valence-corrected chi connectivity index (χ4v) is 3.59. The second-order valence-corrected chi connectivity index (χ2v) is 6.41. The van der Waals surface area contributed by atoms with Crippen LogP contribution in [-0.4, -0.2) is 70.2 Å². The molecule has 3 atom stereocenters. The third-order valence-electron chi connectivity index (χ3n) is 4.94. The van der Waals surface area contributed by atoms with Crippen molar-refractivity contribution in [1.29, 1.82) is 0 Å². The number of aromatic nitrogens is 2. The van der Waals surface area contributed by atoms with E-state index in [1.807, 2.05) is 9.80 Å². The Balaban J connectivity index is 1.31. The van der Waals surface area contributed by atoms with Gasteiger partial charge in [-0.15, -0.1) is 0 Å². The van der Waals surface area contributed by atoms with Crippen LogP contribution in [-0.2, 0) is 9.53 Å². The number of hydrogen-bond acceptors (Lipinski definition) is 4. The largest absolute Gasteiger partial charge is 0.372 e. The van der Waals surface area contributed by atoms with Crippen LogP contribution in [0.4, 0.5) is 0 Å². The predicted molar refractivity (Wildman–Crippen MR) is 77.1 cm³/mol. The Labute approximate surface area is 128 Å². The molecule has 0 bridgehead atoms. The molecule has 0 saturated carbocycles. The summed E-state index contributed by atoms with van der Waals surface area (Å²) in [6.07, 6.45) is 4.15. The molecule has 1 aromatic heterocycles. The van der Waals surface area contributed by atoms with Crippen molar-refractivity contribution >= 4 is 11.8 Å². The van der Waals surface area contributed by atoms with Crippen LogP contribution in [0.15, 0.2) is 12.3 Å². The number of carbonyl (C=O) groups is 2. The van der Waals surface area contributed by atoms with Crippen LogP contribution in [0.25, 0.3) is 0 Å². The van der Waals surface area contributed by atoms with Crippen molar-refractivity contribution < 1.29 is 14.3 Å². The van der Waals surface area contributed by atoms with Gasteiger partial charge >= 0.3 is 0 Å². The second kappa shape index (κ2) is 5.39. The van der Waals surface area contributed by atoms with Gasteiger partial charge in [0.1, 0.15) is 5.69 Å². The van der Waals surface area contributed by atoms with E-state index >= 15 is 0 Å². The van der Waals surface area contributed by atoms with Crippen LogP contribution >= 0.6 is 0 Å². The van der Waals surface area contributed by atoms with Gasteiger partial charge in [0.05, 0.1) is 18.6 Å². The quantitative estimate of drug-likeness (QED) is 0.869. The number of carbonyl (C=O) groups excluding carboxylic acids is 2. The van der Waals surface area contributed by atoms with E-state index in [1.54, 1.807) is 12.3 Å². The lowest BCUT2D eigenvalue weighted by molar-refractivity contribution is -0.137. The maximum atomic E-state index is 12.3. The molecule has 0 spiro atoms. The summed E-state index contributed by atoms with van der Waals surface area (Å²) >= 11 is 0. The van der Waals surface area contributed by atoms with Crippen LogP contribution in [0, 0.1) is 5.92 Å². The number of ether oxygens (including phenoxy) is 1. The van der Waals surface area contributed by atoms with Crippen LogP contribution in [0.5, 0.6) is 0 Å². The normalized spacial score (nSPS) is 30.3. The fourth-order valence-electron chi connectivity index (χ4n) is 3.59. The Morgan fingerprint density at radius 2 is 2.18 bits per heavy atom. The van der Waals surface area contributed by atoms with Gasteiger partial charge in [0.25, 0.3) is 5.91 Å². The number of hydrogen-bond donors (Lipinski definition) is 1. The highest BCUT2D eigenvalue weighted by molar-refractivity contribution is 5.92. The molecular formula is C15H20N4O3. The third-order valence-corrected chi connectivity index (χ3v) is 4.94.